The van der Waals surface area contributed by atoms with Gasteiger partial charge in [-0.3, -0.25) is 4.90 Å². The van der Waals surface area contributed by atoms with Crippen LogP contribution in [0.15, 0.2) is 55.1 Å². The Morgan fingerprint density at radius 2 is 1.60 bits per heavy atom. The summed E-state index contributed by atoms with van der Waals surface area (Å²) in [5.74, 6) is 1.11. The van der Waals surface area contributed by atoms with Gasteiger partial charge in [0, 0.05) is 67.3 Å². The van der Waals surface area contributed by atoms with Crippen molar-refractivity contribution in [3.8, 4) is 11.1 Å². The zero-order chi connectivity index (χ0) is 28.8. The highest BCUT2D eigenvalue weighted by atomic mass is 15.3. The van der Waals surface area contributed by atoms with Gasteiger partial charge >= 0.3 is 0 Å². The molecule has 0 spiro atoms. The molecule has 1 saturated heterocycles. The number of rotatable bonds is 5. The molecule has 1 aliphatic carbocycles. The lowest BCUT2D eigenvalue weighted by Gasteiger charge is -2.41. The molecule has 2 aliphatic rings. The molecular weight excluding hydrogens is 522 g/mol. The number of fused-ring (bicyclic) bond motifs is 2. The summed E-state index contributed by atoms with van der Waals surface area (Å²) in [6, 6.07) is 13.6. The van der Waals surface area contributed by atoms with Gasteiger partial charge in [-0.25, -0.2) is 19.9 Å². The second-order valence-electron chi connectivity index (χ2n) is 12.0. The molecule has 0 unspecified atom stereocenters. The number of hydrogen-bond donors (Lipinski definition) is 2. The molecule has 4 heterocycles. The highest BCUT2D eigenvalue weighted by Gasteiger charge is 2.30. The van der Waals surface area contributed by atoms with Crippen molar-refractivity contribution in [2.75, 3.05) is 44.3 Å². The van der Waals surface area contributed by atoms with Gasteiger partial charge in [-0.2, -0.15) is 0 Å². The van der Waals surface area contributed by atoms with E-state index in [1.54, 1.807) is 6.33 Å². The van der Waals surface area contributed by atoms with Gasteiger partial charge in [0.2, 0.25) is 5.95 Å². The summed E-state index contributed by atoms with van der Waals surface area (Å²) in [6.07, 6.45) is 10.5. The second kappa shape index (κ2) is 11.0. The Morgan fingerprint density at radius 1 is 0.857 bits per heavy atom. The van der Waals surface area contributed by atoms with Gasteiger partial charge in [-0.05, 0) is 81.5 Å². The predicted molar refractivity (Wildman–Crippen MR) is 170 cm³/mol. The zero-order valence-electron chi connectivity index (χ0n) is 24.7. The highest BCUT2D eigenvalue weighted by Crippen LogP contribution is 2.39. The lowest BCUT2D eigenvalue weighted by atomic mass is 9.89. The van der Waals surface area contributed by atoms with E-state index >= 15 is 0 Å². The van der Waals surface area contributed by atoms with E-state index in [2.05, 4.69) is 93.1 Å². The third kappa shape index (κ3) is 4.97. The smallest absolute Gasteiger partial charge is 0.227 e. The van der Waals surface area contributed by atoms with E-state index in [0.29, 0.717) is 23.8 Å². The molecule has 2 fully saturated rings. The molecule has 216 valence electrons. The Morgan fingerprint density at radius 3 is 2.36 bits per heavy atom. The van der Waals surface area contributed by atoms with Crippen LogP contribution in [0.1, 0.15) is 42.9 Å². The lowest BCUT2D eigenvalue weighted by molar-refractivity contribution is 0.0828. The number of aromatic nitrogens is 5. The Kier molecular flexibility index (Phi) is 6.99. The van der Waals surface area contributed by atoms with Gasteiger partial charge in [-0.15, -0.1) is 0 Å². The minimum atomic E-state index is 0.415. The number of nitrogens with zero attached hydrogens (tertiary/aromatic N) is 7. The third-order valence-electron chi connectivity index (χ3n) is 9.51. The Hall–Kier alpha value is -4.08. The largest absolute Gasteiger partial charge is 0.383 e. The number of nitrogens with two attached hydrogens (primary N) is 1. The fourth-order valence-corrected chi connectivity index (χ4v) is 6.77. The van der Waals surface area contributed by atoms with E-state index in [1.165, 1.54) is 50.1 Å². The Balaban J connectivity index is 1.12. The normalized spacial score (nSPS) is 20.4. The van der Waals surface area contributed by atoms with Gasteiger partial charge in [0.05, 0.1) is 10.9 Å². The van der Waals surface area contributed by atoms with Crippen LogP contribution < -0.4 is 11.1 Å². The number of hydrogen-bond acceptors (Lipinski definition) is 8. The third-order valence-corrected chi connectivity index (χ3v) is 9.51. The highest BCUT2D eigenvalue weighted by molar-refractivity contribution is 6.00. The summed E-state index contributed by atoms with van der Waals surface area (Å²) in [4.78, 5) is 23.5. The summed E-state index contributed by atoms with van der Waals surface area (Å²) in [6.45, 7) is 8.93. The summed E-state index contributed by atoms with van der Waals surface area (Å²) in [5, 5.41) is 5.38. The number of aryl methyl sites for hydroxylation is 2. The van der Waals surface area contributed by atoms with Crippen LogP contribution >= 0.6 is 0 Å². The van der Waals surface area contributed by atoms with Crippen molar-refractivity contribution in [1.29, 1.82) is 0 Å². The van der Waals surface area contributed by atoms with Crippen molar-refractivity contribution >= 4 is 39.4 Å². The zero-order valence-corrected chi connectivity index (χ0v) is 24.7. The van der Waals surface area contributed by atoms with E-state index < -0.39 is 0 Å². The quantitative estimate of drug-likeness (QED) is 0.281. The number of likely N-dealkylation sites (N-methyl/N-ethyl adjacent to an activating group) is 1. The van der Waals surface area contributed by atoms with Gasteiger partial charge in [0.1, 0.15) is 17.8 Å². The van der Waals surface area contributed by atoms with Crippen LogP contribution in [0.3, 0.4) is 0 Å². The summed E-state index contributed by atoms with van der Waals surface area (Å²) >= 11 is 0. The van der Waals surface area contributed by atoms with E-state index in [0.717, 1.165) is 51.6 Å². The average Bonchev–Trinajstić information content (AvgIpc) is 3.41. The first-order chi connectivity index (χ1) is 20.4. The molecule has 9 nitrogen and oxygen atoms in total. The first kappa shape index (κ1) is 26.8. The Bertz CT molecular complexity index is 1730. The Labute approximate surface area is 246 Å². The van der Waals surface area contributed by atoms with Crippen molar-refractivity contribution in [3.05, 3.63) is 66.2 Å². The van der Waals surface area contributed by atoms with E-state index in [9.17, 15) is 0 Å². The molecule has 0 radical (unpaired) electrons. The molecule has 3 N–H and O–H groups in total. The second-order valence-corrected chi connectivity index (χ2v) is 12.0. The molecule has 1 aliphatic heterocycles. The maximum Gasteiger partial charge on any atom is 0.227 e. The van der Waals surface area contributed by atoms with Gasteiger partial charge in [-0.1, -0.05) is 18.2 Å². The minimum absolute atomic E-state index is 0.415. The standard InChI is InChI=1S/C33H39N9/c1-21-4-13-29-27(22(21)2)18-35-33(39-29)38-24-7-5-23(6-8-24)28-19-42(32-30(28)31(34)36-20-37-32)26-11-9-25(10-12-26)41-16-14-40(3)15-17-41/h4-8,13,18-20,25-26H,9-12,14-17H2,1-3H3,(H2,34,36,37)(H,35,38,39)/t25-,26+. The van der Waals surface area contributed by atoms with Crippen LogP contribution in [0.4, 0.5) is 17.5 Å². The van der Waals surface area contributed by atoms with Crippen LogP contribution in [-0.2, 0) is 0 Å². The molecule has 42 heavy (non-hydrogen) atoms. The number of nitrogens with one attached hydrogen (secondary N) is 1. The van der Waals surface area contributed by atoms with Crippen molar-refractivity contribution in [1.82, 2.24) is 34.3 Å². The van der Waals surface area contributed by atoms with Crippen molar-refractivity contribution < 1.29 is 0 Å². The van der Waals surface area contributed by atoms with Gasteiger partial charge in [0.15, 0.2) is 0 Å². The minimum Gasteiger partial charge on any atom is -0.383 e. The maximum atomic E-state index is 6.46. The summed E-state index contributed by atoms with van der Waals surface area (Å²) in [7, 11) is 2.22. The number of nitrogen functional groups attached to an aromatic ring is 1. The predicted octanol–water partition coefficient (Wildman–Crippen LogP) is 5.72. The number of anilines is 3. The fraction of sp³-hybridized carbons (Fsp3) is 0.394. The van der Waals surface area contributed by atoms with E-state index in [-0.39, 0.29) is 0 Å². The SMILES string of the molecule is Cc1ccc2nc(Nc3ccc(-c4cn([C@H]5CC[C@@H](N6CCN(C)CC6)CC5)c5ncnc(N)c45)cc3)ncc2c1C. The first-order valence-electron chi connectivity index (χ1n) is 15.1. The molecule has 0 bridgehead atoms. The topological polar surface area (TPSA) is 101 Å². The van der Waals surface area contributed by atoms with Crippen molar-refractivity contribution in [2.24, 2.45) is 0 Å². The van der Waals surface area contributed by atoms with Crippen molar-refractivity contribution in [3.63, 3.8) is 0 Å². The number of piperazine rings is 1. The van der Waals surface area contributed by atoms with Crippen LogP contribution in [-0.4, -0.2) is 73.6 Å². The van der Waals surface area contributed by atoms with Crippen molar-refractivity contribution in [2.45, 2.75) is 51.6 Å². The van der Waals surface area contributed by atoms with Gasteiger partial charge in [0.25, 0.3) is 0 Å². The monoisotopic (exact) mass is 561 g/mol. The van der Waals surface area contributed by atoms with Gasteiger partial charge < -0.3 is 20.5 Å². The molecule has 9 heteroatoms. The summed E-state index contributed by atoms with van der Waals surface area (Å²) in [5.41, 5.74) is 13.9. The molecule has 5 aromatic rings. The molecule has 0 amide bonds. The molecular formula is C33H39N9. The molecule has 7 rings (SSSR count). The van der Waals surface area contributed by atoms with Crippen LogP contribution in [0.25, 0.3) is 33.1 Å². The lowest BCUT2D eigenvalue weighted by Crippen LogP contribution is -2.49. The molecule has 0 atom stereocenters. The van der Waals surface area contributed by atoms with E-state index in [1.807, 2.05) is 6.20 Å². The van der Waals surface area contributed by atoms with Crippen LogP contribution in [0.2, 0.25) is 0 Å². The first-order valence-corrected chi connectivity index (χ1v) is 15.1. The summed E-state index contributed by atoms with van der Waals surface area (Å²) < 4.78 is 2.36. The van der Waals surface area contributed by atoms with E-state index in [4.69, 9.17) is 15.7 Å². The average molecular weight is 562 g/mol. The van der Waals surface area contributed by atoms with Crippen LogP contribution in [0.5, 0.6) is 0 Å². The molecule has 1 saturated carbocycles. The maximum absolute atomic E-state index is 6.46. The molecule has 3 aromatic heterocycles. The van der Waals surface area contributed by atoms with Crippen LogP contribution in [0, 0.1) is 13.8 Å². The fourth-order valence-electron chi connectivity index (χ4n) is 6.77. The molecule has 2 aromatic carbocycles. The number of benzene rings is 2.